The van der Waals surface area contributed by atoms with Crippen LogP contribution in [0.3, 0.4) is 0 Å². The molecule has 0 aliphatic rings. The molecule has 26 heavy (non-hydrogen) atoms. The van der Waals surface area contributed by atoms with Gasteiger partial charge in [-0.25, -0.2) is 0 Å². The van der Waals surface area contributed by atoms with Gasteiger partial charge < -0.3 is 5.32 Å². The second-order valence-electron chi connectivity index (χ2n) is 5.59. The summed E-state index contributed by atoms with van der Waals surface area (Å²) >= 11 is 0.456. The average Bonchev–Trinajstić information content (AvgIpc) is 2.64. The molecular weight excluding hydrogens is 354 g/mol. The lowest BCUT2D eigenvalue weighted by Crippen LogP contribution is -2.11. The predicted octanol–water partition coefficient (Wildman–Crippen LogP) is 5.24. The Hall–Kier alpha value is -2.73. The number of anilines is 1. The van der Waals surface area contributed by atoms with Crippen molar-refractivity contribution in [1.29, 1.82) is 0 Å². The van der Waals surface area contributed by atoms with Crippen LogP contribution >= 0.6 is 11.8 Å². The lowest BCUT2D eigenvalue weighted by Gasteiger charge is -2.08. The molecule has 0 unspecified atom stereocenters. The fourth-order valence-corrected chi connectivity index (χ4v) is 2.93. The maximum atomic E-state index is 12.3. The summed E-state index contributed by atoms with van der Waals surface area (Å²) in [4.78, 5) is 16.7. The number of benzene rings is 2. The molecule has 132 valence electrons. The van der Waals surface area contributed by atoms with Crippen LogP contribution in [-0.2, 0) is 6.42 Å². The van der Waals surface area contributed by atoms with E-state index in [4.69, 9.17) is 0 Å². The zero-order valence-electron chi connectivity index (χ0n) is 13.7. The Labute approximate surface area is 154 Å². The quantitative estimate of drug-likeness (QED) is 0.604. The van der Waals surface area contributed by atoms with Crippen LogP contribution in [0.5, 0.6) is 0 Å². The summed E-state index contributed by atoms with van der Waals surface area (Å²) in [5.74, 6) is -2.75. The number of amides is 1. The number of hydrogen-bond acceptors (Lipinski definition) is 3. The molecule has 1 aromatic heterocycles. The summed E-state index contributed by atoms with van der Waals surface area (Å²) in [5.41, 5.74) is 3.39. The number of alkyl halides is 2. The van der Waals surface area contributed by atoms with E-state index in [0.717, 1.165) is 12.0 Å². The highest BCUT2D eigenvalue weighted by Crippen LogP contribution is 2.25. The number of carbonyl (C=O) groups is 1. The summed E-state index contributed by atoms with van der Waals surface area (Å²) in [6.07, 6.45) is 4.31. The second kappa shape index (κ2) is 8.58. The number of rotatable bonds is 6. The van der Waals surface area contributed by atoms with Gasteiger partial charge in [-0.05, 0) is 66.1 Å². The van der Waals surface area contributed by atoms with Crippen molar-refractivity contribution >= 4 is 23.4 Å². The molecule has 0 bridgehead atoms. The number of thioether (sulfide) groups is 1. The molecule has 0 aliphatic carbocycles. The first kappa shape index (κ1) is 18.1. The number of halogens is 2. The zero-order valence-corrected chi connectivity index (χ0v) is 14.5. The van der Waals surface area contributed by atoms with Crippen molar-refractivity contribution in [3.8, 4) is 0 Å². The van der Waals surface area contributed by atoms with E-state index in [1.165, 1.54) is 29.8 Å². The van der Waals surface area contributed by atoms with Crippen LogP contribution in [0, 0.1) is 0 Å². The molecule has 0 fully saturated rings. The highest BCUT2D eigenvalue weighted by molar-refractivity contribution is 7.99. The summed E-state index contributed by atoms with van der Waals surface area (Å²) < 4.78 is 24.6. The van der Waals surface area contributed by atoms with Crippen LogP contribution in [0.25, 0.3) is 0 Å². The number of nitrogens with zero attached hydrogens (tertiary/aromatic N) is 1. The minimum Gasteiger partial charge on any atom is -0.322 e. The molecule has 3 rings (SSSR count). The van der Waals surface area contributed by atoms with E-state index in [1.807, 2.05) is 36.4 Å². The van der Waals surface area contributed by atoms with Gasteiger partial charge in [-0.3, -0.25) is 9.78 Å². The molecule has 3 nitrogen and oxygen atoms in total. The largest absolute Gasteiger partial charge is 0.322 e. The first-order valence-electron chi connectivity index (χ1n) is 7.94. The first-order chi connectivity index (χ1) is 12.6. The summed E-state index contributed by atoms with van der Waals surface area (Å²) in [7, 11) is 0. The normalized spacial score (nSPS) is 10.7. The lowest BCUT2D eigenvalue weighted by atomic mass is 10.1. The molecule has 1 amide bonds. The number of nitrogens with one attached hydrogen (secondary N) is 1. The molecule has 0 atom stereocenters. The average molecular weight is 370 g/mol. The van der Waals surface area contributed by atoms with Crippen LogP contribution in [-0.4, -0.2) is 16.6 Å². The third kappa shape index (κ3) is 5.13. The van der Waals surface area contributed by atoms with Gasteiger partial charge in [0.25, 0.3) is 11.7 Å². The van der Waals surface area contributed by atoms with Crippen molar-refractivity contribution in [3.05, 3.63) is 89.7 Å². The molecule has 0 aliphatic heterocycles. The van der Waals surface area contributed by atoms with E-state index in [9.17, 15) is 13.6 Å². The maximum absolute atomic E-state index is 12.3. The standard InChI is InChI=1S/C20H16F2N2OS/c21-20(22)26-18-7-3-16(4-8-18)19(25)24-17-5-1-14(2-6-17)13-15-9-11-23-12-10-15/h1-12,20H,13H2,(H,24,25). The van der Waals surface area contributed by atoms with Gasteiger partial charge in [0.2, 0.25) is 0 Å². The van der Waals surface area contributed by atoms with Crippen LogP contribution in [0.1, 0.15) is 21.5 Å². The Balaban J connectivity index is 1.60. The SMILES string of the molecule is O=C(Nc1ccc(Cc2ccncc2)cc1)c1ccc(SC(F)F)cc1. The van der Waals surface area contributed by atoms with Crippen LogP contribution < -0.4 is 5.32 Å². The number of pyridine rings is 1. The molecule has 0 radical (unpaired) electrons. The molecule has 6 heteroatoms. The molecule has 1 heterocycles. The van der Waals surface area contributed by atoms with Gasteiger partial charge in [-0.15, -0.1) is 0 Å². The zero-order chi connectivity index (χ0) is 18.4. The molecule has 0 saturated heterocycles. The monoisotopic (exact) mass is 370 g/mol. The second-order valence-corrected chi connectivity index (χ2v) is 6.65. The summed E-state index contributed by atoms with van der Waals surface area (Å²) in [5, 5.41) is 2.81. The Morgan fingerprint density at radius 2 is 1.54 bits per heavy atom. The molecule has 0 saturated carbocycles. The Bertz CT molecular complexity index is 853. The van der Waals surface area contributed by atoms with Gasteiger partial charge in [0.05, 0.1) is 0 Å². The van der Waals surface area contributed by atoms with Gasteiger partial charge in [0.15, 0.2) is 0 Å². The molecule has 0 spiro atoms. The van der Waals surface area contributed by atoms with E-state index in [1.54, 1.807) is 12.4 Å². The third-order valence-corrected chi connectivity index (χ3v) is 4.43. The molecular formula is C20H16F2N2OS. The minimum absolute atomic E-state index is 0.277. The first-order valence-corrected chi connectivity index (χ1v) is 8.82. The van der Waals surface area contributed by atoms with Crippen molar-refractivity contribution in [3.63, 3.8) is 0 Å². The lowest BCUT2D eigenvalue weighted by molar-refractivity contribution is 0.102. The Morgan fingerprint density at radius 1 is 0.923 bits per heavy atom. The van der Waals surface area contributed by atoms with Gasteiger partial charge in [-0.2, -0.15) is 8.78 Å². The van der Waals surface area contributed by atoms with Crippen LogP contribution in [0.15, 0.2) is 78.0 Å². The molecule has 1 N–H and O–H groups in total. The van der Waals surface area contributed by atoms with Crippen molar-refractivity contribution in [2.24, 2.45) is 0 Å². The Morgan fingerprint density at radius 3 is 2.15 bits per heavy atom. The highest BCUT2D eigenvalue weighted by Gasteiger charge is 2.09. The predicted molar refractivity (Wildman–Crippen MR) is 99.7 cm³/mol. The van der Waals surface area contributed by atoms with E-state index in [2.05, 4.69) is 10.3 Å². The smallest absolute Gasteiger partial charge is 0.288 e. The molecule has 2 aromatic carbocycles. The van der Waals surface area contributed by atoms with E-state index in [-0.39, 0.29) is 5.91 Å². The molecule has 3 aromatic rings. The van der Waals surface area contributed by atoms with Crippen molar-refractivity contribution < 1.29 is 13.6 Å². The van der Waals surface area contributed by atoms with Crippen LogP contribution in [0.2, 0.25) is 0 Å². The topological polar surface area (TPSA) is 42.0 Å². The van der Waals surface area contributed by atoms with Crippen molar-refractivity contribution in [1.82, 2.24) is 4.98 Å². The van der Waals surface area contributed by atoms with Gasteiger partial charge in [0, 0.05) is 28.5 Å². The van der Waals surface area contributed by atoms with E-state index >= 15 is 0 Å². The third-order valence-electron chi connectivity index (χ3n) is 3.71. The van der Waals surface area contributed by atoms with E-state index in [0.29, 0.717) is 27.9 Å². The number of aromatic nitrogens is 1. The Kier molecular flexibility index (Phi) is 5.96. The minimum atomic E-state index is -2.47. The highest BCUT2D eigenvalue weighted by atomic mass is 32.2. The van der Waals surface area contributed by atoms with Gasteiger partial charge >= 0.3 is 0 Å². The summed E-state index contributed by atoms with van der Waals surface area (Å²) in [6.45, 7) is 0. The number of hydrogen-bond donors (Lipinski definition) is 1. The fourth-order valence-electron chi connectivity index (χ4n) is 2.43. The summed E-state index contributed by atoms with van der Waals surface area (Å²) in [6, 6.07) is 17.6. The van der Waals surface area contributed by atoms with Crippen molar-refractivity contribution in [2.75, 3.05) is 5.32 Å². The number of carbonyl (C=O) groups excluding carboxylic acids is 1. The van der Waals surface area contributed by atoms with Gasteiger partial charge in [-0.1, -0.05) is 23.9 Å². The van der Waals surface area contributed by atoms with Crippen LogP contribution in [0.4, 0.5) is 14.5 Å². The maximum Gasteiger partial charge on any atom is 0.288 e. The fraction of sp³-hybridized carbons (Fsp3) is 0.100. The van der Waals surface area contributed by atoms with Crippen molar-refractivity contribution in [2.45, 2.75) is 17.1 Å². The van der Waals surface area contributed by atoms with Gasteiger partial charge in [0.1, 0.15) is 0 Å². The van der Waals surface area contributed by atoms with E-state index < -0.39 is 5.76 Å².